The number of halogens is 2. The van der Waals surface area contributed by atoms with Crippen LogP contribution in [0, 0.1) is 0 Å². The second-order valence-corrected chi connectivity index (χ2v) is 7.67. The number of carboxylic acids is 1. The van der Waals surface area contributed by atoms with E-state index in [-0.39, 0.29) is 55.5 Å². The van der Waals surface area contributed by atoms with Gasteiger partial charge in [-0.15, -0.1) is 0 Å². The lowest BCUT2D eigenvalue weighted by atomic mass is 10.0. The lowest BCUT2D eigenvalue weighted by Crippen LogP contribution is -2.32. The standard InChI is InChI=1S/C26H32F2O10/c27-26(28,19-37-18-17-36-16-15-35-14-13-34-12-11-33-10-9-29)38-23-4-2-1-3-22(23)24(30)20-5-7-21(8-6-20)25(31)32/h1-8,29H,9-19H2,(H,31,32). The van der Waals surface area contributed by atoms with Crippen molar-refractivity contribution in [3.05, 3.63) is 65.2 Å². The molecular formula is C26H32F2O10. The van der Waals surface area contributed by atoms with Crippen molar-refractivity contribution >= 4 is 11.8 Å². The maximum absolute atomic E-state index is 14.3. The molecule has 0 saturated carbocycles. The van der Waals surface area contributed by atoms with E-state index in [9.17, 15) is 18.4 Å². The first-order valence-electron chi connectivity index (χ1n) is 11.9. The summed E-state index contributed by atoms with van der Waals surface area (Å²) in [6.07, 6.45) is -3.71. The van der Waals surface area contributed by atoms with Crippen molar-refractivity contribution in [2.45, 2.75) is 6.11 Å². The monoisotopic (exact) mass is 542 g/mol. The van der Waals surface area contributed by atoms with E-state index in [0.29, 0.717) is 33.0 Å². The van der Waals surface area contributed by atoms with E-state index in [2.05, 4.69) is 0 Å². The number of ether oxygens (including phenoxy) is 6. The quantitative estimate of drug-likeness (QED) is 0.179. The summed E-state index contributed by atoms with van der Waals surface area (Å²) >= 11 is 0. The maximum atomic E-state index is 14.3. The summed E-state index contributed by atoms with van der Waals surface area (Å²) in [5.74, 6) is -2.07. The van der Waals surface area contributed by atoms with Crippen LogP contribution >= 0.6 is 0 Å². The molecule has 0 aliphatic rings. The lowest BCUT2D eigenvalue weighted by molar-refractivity contribution is -0.213. The molecule has 2 aromatic rings. The second-order valence-electron chi connectivity index (χ2n) is 7.67. The van der Waals surface area contributed by atoms with Gasteiger partial charge in [0.15, 0.2) is 12.4 Å². The van der Waals surface area contributed by atoms with Gasteiger partial charge < -0.3 is 38.6 Å². The van der Waals surface area contributed by atoms with Crippen LogP contribution in [0.3, 0.4) is 0 Å². The molecule has 0 unspecified atom stereocenters. The lowest BCUT2D eigenvalue weighted by Gasteiger charge is -2.19. The van der Waals surface area contributed by atoms with Crippen LogP contribution in [0.1, 0.15) is 26.3 Å². The van der Waals surface area contributed by atoms with Crippen LogP contribution in [0.5, 0.6) is 5.75 Å². The molecule has 0 saturated heterocycles. The van der Waals surface area contributed by atoms with Gasteiger partial charge in [-0.05, 0) is 24.3 Å². The number of hydrogen-bond donors (Lipinski definition) is 2. The van der Waals surface area contributed by atoms with Crippen molar-refractivity contribution in [2.24, 2.45) is 0 Å². The Morgan fingerprint density at radius 3 is 1.68 bits per heavy atom. The minimum Gasteiger partial charge on any atom is -0.478 e. The Morgan fingerprint density at radius 1 is 0.684 bits per heavy atom. The molecule has 12 heteroatoms. The van der Waals surface area contributed by atoms with Gasteiger partial charge >= 0.3 is 12.1 Å². The summed E-state index contributed by atoms with van der Waals surface area (Å²) in [5, 5.41) is 17.5. The number of para-hydroxylation sites is 1. The molecular weight excluding hydrogens is 510 g/mol. The smallest absolute Gasteiger partial charge is 0.421 e. The molecule has 10 nitrogen and oxygen atoms in total. The van der Waals surface area contributed by atoms with E-state index in [4.69, 9.17) is 38.6 Å². The zero-order valence-corrected chi connectivity index (χ0v) is 20.8. The molecule has 0 aliphatic carbocycles. The van der Waals surface area contributed by atoms with Crippen molar-refractivity contribution in [1.29, 1.82) is 0 Å². The van der Waals surface area contributed by atoms with Crippen LogP contribution in [0.2, 0.25) is 0 Å². The van der Waals surface area contributed by atoms with E-state index in [1.807, 2.05) is 0 Å². The van der Waals surface area contributed by atoms with Gasteiger partial charge in [0, 0.05) is 5.56 Å². The Balaban J connectivity index is 1.65. The van der Waals surface area contributed by atoms with Crippen molar-refractivity contribution in [3.8, 4) is 5.75 Å². The largest absolute Gasteiger partial charge is 0.478 e. The summed E-state index contributed by atoms with van der Waals surface area (Å²) in [5.41, 5.74) is 0.0241. The highest BCUT2D eigenvalue weighted by Gasteiger charge is 2.33. The zero-order valence-electron chi connectivity index (χ0n) is 20.8. The Labute approximate surface area is 219 Å². The number of carbonyl (C=O) groups excluding carboxylic acids is 1. The number of benzene rings is 2. The number of ketones is 1. The molecule has 0 aliphatic heterocycles. The van der Waals surface area contributed by atoms with Crippen LogP contribution in [-0.4, -0.2) is 101 Å². The van der Waals surface area contributed by atoms with Gasteiger partial charge in [-0.2, -0.15) is 8.78 Å². The van der Waals surface area contributed by atoms with Crippen LogP contribution in [0.4, 0.5) is 8.78 Å². The summed E-state index contributed by atoms with van der Waals surface area (Å²) in [6, 6.07) is 10.7. The number of rotatable bonds is 21. The first-order valence-corrected chi connectivity index (χ1v) is 11.9. The molecule has 0 radical (unpaired) electrons. The normalized spacial score (nSPS) is 11.4. The van der Waals surface area contributed by atoms with Crippen LogP contribution in [-0.2, 0) is 23.7 Å². The van der Waals surface area contributed by atoms with Gasteiger partial charge in [0.05, 0.1) is 77.2 Å². The highest BCUT2D eigenvalue weighted by atomic mass is 19.3. The Hall–Kier alpha value is -3.00. The van der Waals surface area contributed by atoms with Gasteiger partial charge in [-0.25, -0.2) is 4.79 Å². The molecule has 0 heterocycles. The fraction of sp³-hybridized carbons (Fsp3) is 0.462. The van der Waals surface area contributed by atoms with Crippen molar-refractivity contribution in [2.75, 3.05) is 72.7 Å². The van der Waals surface area contributed by atoms with E-state index < -0.39 is 24.5 Å². The average Bonchev–Trinajstić information content (AvgIpc) is 2.90. The SMILES string of the molecule is O=C(O)c1ccc(C(=O)c2ccccc2OC(F)(F)COCCOCCOCCOCCOCCO)cc1. The van der Waals surface area contributed by atoms with Gasteiger partial charge in [-0.3, -0.25) is 4.79 Å². The molecule has 0 bridgehead atoms. The van der Waals surface area contributed by atoms with E-state index in [1.54, 1.807) is 0 Å². The minimum atomic E-state index is -3.71. The molecule has 210 valence electrons. The van der Waals surface area contributed by atoms with Gasteiger partial charge in [-0.1, -0.05) is 24.3 Å². The predicted molar refractivity (Wildman–Crippen MR) is 130 cm³/mol. The molecule has 0 amide bonds. The molecule has 2 rings (SSSR count). The summed E-state index contributed by atoms with van der Waals surface area (Å²) in [6.45, 7) is 1.23. The average molecular weight is 543 g/mol. The van der Waals surface area contributed by atoms with Crippen molar-refractivity contribution < 1.29 is 57.0 Å². The van der Waals surface area contributed by atoms with Crippen LogP contribution in [0.15, 0.2) is 48.5 Å². The van der Waals surface area contributed by atoms with Crippen molar-refractivity contribution in [1.82, 2.24) is 0 Å². The number of alkyl halides is 2. The van der Waals surface area contributed by atoms with Gasteiger partial charge in [0.2, 0.25) is 0 Å². The fourth-order valence-electron chi connectivity index (χ4n) is 2.99. The van der Waals surface area contributed by atoms with E-state index in [1.165, 1.54) is 48.5 Å². The van der Waals surface area contributed by atoms with Crippen molar-refractivity contribution in [3.63, 3.8) is 0 Å². The molecule has 0 aromatic heterocycles. The molecule has 0 atom stereocenters. The third kappa shape index (κ3) is 12.0. The topological polar surface area (TPSA) is 130 Å². The number of aromatic carboxylic acids is 1. The first kappa shape index (κ1) is 31.2. The highest BCUT2D eigenvalue weighted by molar-refractivity contribution is 6.11. The fourth-order valence-corrected chi connectivity index (χ4v) is 2.99. The maximum Gasteiger partial charge on any atom is 0.421 e. The Bertz CT molecular complexity index is 969. The Kier molecular flexibility index (Phi) is 14.4. The van der Waals surface area contributed by atoms with Crippen LogP contribution < -0.4 is 4.74 Å². The summed E-state index contributed by atoms with van der Waals surface area (Å²) < 4.78 is 59.3. The molecule has 2 N–H and O–H groups in total. The third-order valence-electron chi connectivity index (χ3n) is 4.78. The number of carbonyl (C=O) groups is 2. The number of aliphatic hydroxyl groups is 1. The highest BCUT2D eigenvalue weighted by Crippen LogP contribution is 2.27. The number of hydrogen-bond acceptors (Lipinski definition) is 9. The number of aliphatic hydroxyl groups excluding tert-OH is 1. The third-order valence-corrected chi connectivity index (χ3v) is 4.78. The van der Waals surface area contributed by atoms with Gasteiger partial charge in [0.1, 0.15) is 5.75 Å². The van der Waals surface area contributed by atoms with Gasteiger partial charge in [0.25, 0.3) is 0 Å². The summed E-state index contributed by atoms with van der Waals surface area (Å²) in [4.78, 5) is 23.8. The Morgan fingerprint density at radius 2 is 1.16 bits per heavy atom. The molecule has 2 aromatic carbocycles. The van der Waals surface area contributed by atoms with E-state index in [0.717, 1.165) is 0 Å². The predicted octanol–water partition coefficient (Wildman–Crippen LogP) is 2.66. The molecule has 38 heavy (non-hydrogen) atoms. The van der Waals surface area contributed by atoms with Crippen LogP contribution in [0.25, 0.3) is 0 Å². The zero-order chi connectivity index (χ0) is 27.6. The minimum absolute atomic E-state index is 0.00565. The molecule has 0 spiro atoms. The summed E-state index contributed by atoms with van der Waals surface area (Å²) in [7, 11) is 0. The molecule has 0 fully saturated rings. The van der Waals surface area contributed by atoms with E-state index >= 15 is 0 Å². The first-order chi connectivity index (χ1) is 18.3. The number of carboxylic acid groups (broad SMARTS) is 1. The second kappa shape index (κ2) is 17.5.